The van der Waals surface area contributed by atoms with Crippen molar-refractivity contribution >= 4 is 49.7 Å². The highest BCUT2D eigenvalue weighted by Gasteiger charge is 2.31. The second-order valence-electron chi connectivity index (χ2n) is 15.0. The van der Waals surface area contributed by atoms with Crippen LogP contribution in [0, 0.1) is 0 Å². The number of hydrogen-bond donors (Lipinski definition) is 0. The lowest BCUT2D eigenvalue weighted by Gasteiger charge is -2.26. The summed E-state index contributed by atoms with van der Waals surface area (Å²) >= 11 is 0. The van der Waals surface area contributed by atoms with E-state index in [1.54, 1.807) is 0 Å². The maximum absolute atomic E-state index is 12.6. The lowest BCUT2D eigenvalue weighted by molar-refractivity contribution is -0.116. The van der Waals surface area contributed by atoms with Gasteiger partial charge in [-0.1, -0.05) is 123 Å². The van der Waals surface area contributed by atoms with E-state index in [0.29, 0.717) is 65.1 Å². The quantitative estimate of drug-likeness (QED) is 0.0264. The molecule has 0 aliphatic rings. The summed E-state index contributed by atoms with van der Waals surface area (Å²) in [5.41, 5.74) is 0. The fraction of sp³-hybridized carbons (Fsp3) is 0.471. The summed E-state index contributed by atoms with van der Waals surface area (Å²) in [6, 6.07) is 11.9. The van der Waals surface area contributed by atoms with Gasteiger partial charge in [0.25, 0.3) is 0 Å². The van der Waals surface area contributed by atoms with Gasteiger partial charge in [-0.25, -0.2) is 0 Å². The first-order valence-electron chi connectivity index (χ1n) is 22.1. The molecule has 0 fully saturated rings. The zero-order valence-corrected chi connectivity index (χ0v) is 36.3. The number of carbonyl (C=O) groups is 3. The Bertz CT molecular complexity index is 2060. The standard InChI is InChI=1S/C51H66O9/c1-7-13-16-21-31-56-48-45-41-25-20-19-24-40(41)42-26-27-43(55-34-28-37(52)10-4)47(59-35-29-38(53)11-5)44(42)46(45)49(60-36-30-39(54)12-6)51(58-33-23-18-15-9-3)50(48)57-32-22-17-14-8-2/h10-12,19-20,24-27H,4-9,13-18,21-23,28-36H2,1-3H3. The van der Waals surface area contributed by atoms with Crippen molar-refractivity contribution in [2.45, 2.75) is 117 Å². The van der Waals surface area contributed by atoms with E-state index in [1.807, 2.05) is 24.3 Å². The Hall–Kier alpha value is -5.31. The zero-order chi connectivity index (χ0) is 43.1. The Kier molecular flexibility index (Phi) is 20.5. The summed E-state index contributed by atoms with van der Waals surface area (Å²) in [4.78, 5) is 37.4. The Morgan fingerprint density at radius 1 is 0.417 bits per heavy atom. The highest BCUT2D eigenvalue weighted by atomic mass is 16.6. The van der Waals surface area contributed by atoms with Gasteiger partial charge in [-0.2, -0.15) is 0 Å². The summed E-state index contributed by atoms with van der Waals surface area (Å²) < 4.78 is 40.3. The van der Waals surface area contributed by atoms with Gasteiger partial charge in [0.2, 0.25) is 11.5 Å². The third-order valence-corrected chi connectivity index (χ3v) is 10.4. The molecule has 60 heavy (non-hydrogen) atoms. The first kappa shape index (κ1) is 47.4. The van der Waals surface area contributed by atoms with E-state index in [9.17, 15) is 14.4 Å². The van der Waals surface area contributed by atoms with E-state index in [0.717, 1.165) is 98.6 Å². The van der Waals surface area contributed by atoms with Crippen molar-refractivity contribution in [2.24, 2.45) is 0 Å². The molecule has 9 heteroatoms. The fourth-order valence-electron chi connectivity index (χ4n) is 7.11. The van der Waals surface area contributed by atoms with Gasteiger partial charge >= 0.3 is 0 Å². The third kappa shape index (κ3) is 13.1. The van der Waals surface area contributed by atoms with Crippen LogP contribution in [-0.4, -0.2) is 57.0 Å². The molecule has 0 heterocycles. The number of rotatable bonds is 33. The van der Waals surface area contributed by atoms with Crippen LogP contribution in [0.15, 0.2) is 74.4 Å². The molecule has 0 aromatic heterocycles. The van der Waals surface area contributed by atoms with Crippen LogP contribution in [0.4, 0.5) is 0 Å². The summed E-state index contributed by atoms with van der Waals surface area (Å²) in [5.74, 6) is 2.08. The minimum absolute atomic E-state index is 0.0325. The van der Waals surface area contributed by atoms with Gasteiger partial charge in [0, 0.05) is 35.4 Å². The molecule has 0 aliphatic heterocycles. The fourth-order valence-corrected chi connectivity index (χ4v) is 7.11. The smallest absolute Gasteiger partial charge is 0.208 e. The maximum Gasteiger partial charge on any atom is 0.208 e. The van der Waals surface area contributed by atoms with E-state index in [-0.39, 0.29) is 56.4 Å². The number of carbonyl (C=O) groups excluding carboxylic acids is 3. The number of fused-ring (bicyclic) bond motifs is 6. The predicted octanol–water partition coefficient (Wildman–Crippen LogP) is 12.6. The van der Waals surface area contributed by atoms with Crippen molar-refractivity contribution in [3.63, 3.8) is 0 Å². The van der Waals surface area contributed by atoms with E-state index >= 15 is 0 Å². The van der Waals surface area contributed by atoms with E-state index in [4.69, 9.17) is 28.4 Å². The average molecular weight is 823 g/mol. The molecule has 324 valence electrons. The lowest BCUT2D eigenvalue weighted by atomic mass is 9.91. The van der Waals surface area contributed by atoms with Crippen LogP contribution in [0.1, 0.15) is 117 Å². The van der Waals surface area contributed by atoms with Crippen LogP contribution in [0.3, 0.4) is 0 Å². The molecule has 4 aromatic rings. The highest BCUT2D eigenvalue weighted by Crippen LogP contribution is 2.58. The lowest BCUT2D eigenvalue weighted by Crippen LogP contribution is -2.11. The van der Waals surface area contributed by atoms with Gasteiger partial charge in [0.1, 0.15) is 0 Å². The summed E-state index contributed by atoms with van der Waals surface area (Å²) in [6.07, 6.45) is 16.2. The number of hydrogen-bond acceptors (Lipinski definition) is 9. The minimum Gasteiger partial charge on any atom is -0.489 e. The first-order chi connectivity index (χ1) is 29.3. The van der Waals surface area contributed by atoms with Crippen LogP contribution in [0.5, 0.6) is 34.5 Å². The van der Waals surface area contributed by atoms with Crippen LogP contribution >= 0.6 is 0 Å². The van der Waals surface area contributed by atoms with Crippen molar-refractivity contribution in [3.8, 4) is 34.5 Å². The van der Waals surface area contributed by atoms with Crippen molar-refractivity contribution < 1.29 is 42.8 Å². The van der Waals surface area contributed by atoms with Crippen molar-refractivity contribution in [1.29, 1.82) is 0 Å². The second-order valence-corrected chi connectivity index (χ2v) is 15.0. The van der Waals surface area contributed by atoms with Gasteiger partial charge in [-0.15, -0.1) is 0 Å². The summed E-state index contributed by atoms with van der Waals surface area (Å²) in [5, 5.41) is 4.68. The Morgan fingerprint density at radius 3 is 1.28 bits per heavy atom. The summed E-state index contributed by atoms with van der Waals surface area (Å²) in [7, 11) is 0. The van der Waals surface area contributed by atoms with Crippen LogP contribution in [0.2, 0.25) is 0 Å². The molecule has 4 rings (SSSR count). The normalized spacial score (nSPS) is 11.1. The number of benzene rings is 4. The topological polar surface area (TPSA) is 107 Å². The number of ketones is 3. The zero-order valence-electron chi connectivity index (χ0n) is 36.3. The van der Waals surface area contributed by atoms with Crippen molar-refractivity contribution in [3.05, 3.63) is 74.4 Å². The average Bonchev–Trinajstić information content (AvgIpc) is 3.26. The second kappa shape index (κ2) is 26.0. The molecule has 0 unspecified atom stereocenters. The van der Waals surface area contributed by atoms with E-state index in [1.165, 1.54) is 18.2 Å². The highest BCUT2D eigenvalue weighted by molar-refractivity contribution is 6.31. The minimum atomic E-state index is -0.168. The molecule has 0 N–H and O–H groups in total. The molecule has 0 saturated heterocycles. The van der Waals surface area contributed by atoms with Gasteiger partial charge in [-0.3, -0.25) is 14.4 Å². The first-order valence-corrected chi connectivity index (χ1v) is 22.1. The van der Waals surface area contributed by atoms with Crippen LogP contribution in [-0.2, 0) is 14.4 Å². The maximum atomic E-state index is 12.6. The molecule has 0 saturated carbocycles. The van der Waals surface area contributed by atoms with Crippen LogP contribution < -0.4 is 28.4 Å². The van der Waals surface area contributed by atoms with E-state index < -0.39 is 0 Å². The molecule has 0 bridgehead atoms. The van der Waals surface area contributed by atoms with Crippen molar-refractivity contribution in [2.75, 3.05) is 39.6 Å². The molecule has 0 atom stereocenters. The van der Waals surface area contributed by atoms with Gasteiger partial charge in [0.15, 0.2) is 40.3 Å². The SMILES string of the molecule is C=CC(=O)CCOc1ccc2c3ccccc3c3c(OCCCCCC)c(OCCCCCC)c(OCCCCCC)c(OCCC(=O)C=C)c3c2c1OCCC(=O)C=C. The summed E-state index contributed by atoms with van der Waals surface area (Å²) in [6.45, 7) is 18.9. The van der Waals surface area contributed by atoms with Gasteiger partial charge in [0.05, 0.1) is 39.6 Å². The van der Waals surface area contributed by atoms with E-state index in [2.05, 4.69) is 52.6 Å². The largest absolute Gasteiger partial charge is 0.489 e. The molecule has 0 amide bonds. The number of ether oxygens (including phenoxy) is 6. The number of unbranched alkanes of at least 4 members (excludes halogenated alkanes) is 9. The number of allylic oxidation sites excluding steroid dienone is 3. The van der Waals surface area contributed by atoms with Crippen molar-refractivity contribution in [1.82, 2.24) is 0 Å². The Balaban J connectivity index is 2.19. The molecule has 4 aromatic carbocycles. The molecular weight excluding hydrogens is 757 g/mol. The Morgan fingerprint density at radius 2 is 0.800 bits per heavy atom. The molecule has 0 aliphatic carbocycles. The predicted molar refractivity (Wildman–Crippen MR) is 244 cm³/mol. The third-order valence-electron chi connectivity index (χ3n) is 10.4. The molecule has 0 radical (unpaired) electrons. The van der Waals surface area contributed by atoms with Gasteiger partial charge < -0.3 is 28.4 Å². The van der Waals surface area contributed by atoms with Crippen LogP contribution in [0.25, 0.3) is 32.3 Å². The molecule has 0 spiro atoms. The van der Waals surface area contributed by atoms with Gasteiger partial charge in [-0.05, 0) is 65.8 Å². The molecule has 9 nitrogen and oxygen atoms in total. The Labute approximate surface area is 357 Å². The monoisotopic (exact) mass is 822 g/mol. The molecular formula is C51H66O9.